The Labute approximate surface area is 142 Å². The number of carbonyl (C=O) groups excluding carboxylic acids is 1. The first-order valence-electron chi connectivity index (χ1n) is 7.17. The molecule has 1 aliphatic rings. The number of anilines is 1. The minimum Gasteiger partial charge on any atom is -0.495 e. The van der Waals surface area contributed by atoms with Crippen molar-refractivity contribution in [3.8, 4) is 5.75 Å². The second kappa shape index (κ2) is 5.05. The van der Waals surface area contributed by atoms with E-state index in [2.05, 4.69) is 5.32 Å². The van der Waals surface area contributed by atoms with Crippen LogP contribution in [0.15, 0.2) is 40.8 Å². The van der Waals surface area contributed by atoms with Crippen LogP contribution in [0.4, 0.5) is 5.69 Å². The van der Waals surface area contributed by atoms with Crippen molar-refractivity contribution in [2.75, 3.05) is 12.4 Å². The van der Waals surface area contributed by atoms with Crippen LogP contribution in [-0.4, -0.2) is 17.4 Å². The largest absolute Gasteiger partial charge is 0.495 e. The van der Waals surface area contributed by atoms with Crippen LogP contribution in [0.5, 0.6) is 5.75 Å². The normalized spacial score (nSPS) is 19.0. The number of para-hydroxylation sites is 1. The highest BCUT2D eigenvalue weighted by molar-refractivity contribution is 6.52. The topological polar surface area (TPSA) is 51.5 Å². The van der Waals surface area contributed by atoms with Crippen LogP contribution in [0, 0.1) is 5.92 Å². The number of methoxy groups -OCH3 is 1. The number of hydrogen-bond acceptors (Lipinski definition) is 3. The van der Waals surface area contributed by atoms with Crippen molar-refractivity contribution >= 4 is 56.7 Å². The highest BCUT2D eigenvalue weighted by Crippen LogP contribution is 2.53. The molecule has 3 aromatic rings. The van der Waals surface area contributed by atoms with Crippen LogP contribution in [0.1, 0.15) is 6.42 Å². The smallest absolute Gasteiger partial charge is 0.230 e. The van der Waals surface area contributed by atoms with E-state index in [0.717, 1.165) is 16.4 Å². The van der Waals surface area contributed by atoms with E-state index >= 15 is 0 Å². The molecule has 1 N–H and O–H groups in total. The lowest BCUT2D eigenvalue weighted by atomic mass is 10.1. The molecule has 2 aromatic carbocycles. The van der Waals surface area contributed by atoms with E-state index in [-0.39, 0.29) is 5.91 Å². The molecule has 0 radical (unpaired) electrons. The number of amides is 1. The number of fused-ring (bicyclic) bond motifs is 3. The zero-order valence-electron chi connectivity index (χ0n) is 12.2. The summed E-state index contributed by atoms with van der Waals surface area (Å²) in [4.78, 5) is 12.2. The Balaban J connectivity index is 1.77. The highest BCUT2D eigenvalue weighted by atomic mass is 35.5. The molecule has 1 saturated carbocycles. The maximum atomic E-state index is 12.2. The molecular formula is C17H13Cl2NO3. The summed E-state index contributed by atoms with van der Waals surface area (Å²) in [5.41, 5.74) is 2.01. The Morgan fingerprint density at radius 1 is 1.26 bits per heavy atom. The van der Waals surface area contributed by atoms with E-state index in [0.29, 0.717) is 23.4 Å². The van der Waals surface area contributed by atoms with Crippen molar-refractivity contribution in [1.82, 2.24) is 0 Å². The fourth-order valence-electron chi connectivity index (χ4n) is 2.74. The van der Waals surface area contributed by atoms with Gasteiger partial charge in [0.25, 0.3) is 0 Å². The van der Waals surface area contributed by atoms with Gasteiger partial charge in [0.15, 0.2) is 0 Å². The van der Waals surface area contributed by atoms with Crippen LogP contribution in [0.3, 0.4) is 0 Å². The van der Waals surface area contributed by atoms with E-state index in [9.17, 15) is 4.79 Å². The van der Waals surface area contributed by atoms with Gasteiger partial charge >= 0.3 is 0 Å². The number of nitrogens with one attached hydrogen (secondary N) is 1. The van der Waals surface area contributed by atoms with Gasteiger partial charge in [-0.1, -0.05) is 18.2 Å². The molecule has 1 fully saturated rings. The summed E-state index contributed by atoms with van der Waals surface area (Å²) in [5.74, 6) is -0.0570. The van der Waals surface area contributed by atoms with Gasteiger partial charge in [-0.15, -0.1) is 23.2 Å². The Hall–Kier alpha value is -1.91. The molecule has 1 heterocycles. The van der Waals surface area contributed by atoms with Gasteiger partial charge in [-0.3, -0.25) is 4.79 Å². The second-order valence-corrected chi connectivity index (χ2v) is 7.20. The van der Waals surface area contributed by atoms with Gasteiger partial charge in [0.1, 0.15) is 21.2 Å². The average Bonchev–Trinajstić information content (AvgIpc) is 3.03. The number of benzene rings is 2. The van der Waals surface area contributed by atoms with Gasteiger partial charge in [-0.2, -0.15) is 0 Å². The van der Waals surface area contributed by atoms with Crippen molar-refractivity contribution in [3.05, 3.63) is 36.4 Å². The van der Waals surface area contributed by atoms with Crippen molar-refractivity contribution < 1.29 is 13.9 Å². The molecule has 1 aromatic heterocycles. The molecular weight excluding hydrogens is 337 g/mol. The molecule has 0 unspecified atom stereocenters. The summed E-state index contributed by atoms with van der Waals surface area (Å²) >= 11 is 11.9. The first-order valence-corrected chi connectivity index (χ1v) is 7.93. The van der Waals surface area contributed by atoms with Crippen LogP contribution in [0.2, 0.25) is 0 Å². The molecule has 0 spiro atoms. The minimum atomic E-state index is -0.958. The maximum Gasteiger partial charge on any atom is 0.230 e. The molecule has 118 valence electrons. The SMILES string of the molecule is COc1cc2c(cc1NC(=O)[C@@H]1CC1(Cl)Cl)oc1ccccc12. The van der Waals surface area contributed by atoms with Crippen LogP contribution in [0.25, 0.3) is 21.9 Å². The van der Waals surface area contributed by atoms with Crippen LogP contribution >= 0.6 is 23.2 Å². The molecule has 4 nitrogen and oxygen atoms in total. The standard InChI is InChI=1S/C17H13Cl2NO3/c1-22-15-6-10-9-4-2-3-5-13(9)23-14(10)7-12(15)20-16(21)11-8-17(11,18)19/h2-7,11H,8H2,1H3,(H,20,21)/t11-/m0/s1. The summed E-state index contributed by atoms with van der Waals surface area (Å²) in [7, 11) is 1.56. The molecule has 23 heavy (non-hydrogen) atoms. The lowest BCUT2D eigenvalue weighted by Gasteiger charge is -2.10. The quantitative estimate of drug-likeness (QED) is 0.695. The zero-order valence-corrected chi connectivity index (χ0v) is 13.7. The first kappa shape index (κ1) is 14.7. The molecule has 1 amide bonds. The van der Waals surface area contributed by atoms with Crippen molar-refractivity contribution in [2.45, 2.75) is 10.8 Å². The van der Waals surface area contributed by atoms with Gasteiger partial charge < -0.3 is 14.5 Å². The summed E-state index contributed by atoms with van der Waals surface area (Å²) < 4.78 is 10.3. The summed E-state index contributed by atoms with van der Waals surface area (Å²) in [5, 5.41) is 4.76. The third kappa shape index (κ3) is 2.42. The monoisotopic (exact) mass is 349 g/mol. The van der Waals surface area contributed by atoms with E-state index < -0.39 is 10.3 Å². The second-order valence-electron chi connectivity index (χ2n) is 5.65. The van der Waals surface area contributed by atoms with Gasteiger partial charge in [0.05, 0.1) is 18.7 Å². The number of carbonyl (C=O) groups is 1. The summed E-state index contributed by atoms with van der Waals surface area (Å²) in [6.45, 7) is 0. The molecule has 0 bridgehead atoms. The summed E-state index contributed by atoms with van der Waals surface area (Å²) in [6.07, 6.45) is 0.455. The fourth-order valence-corrected chi connectivity index (χ4v) is 3.24. The Morgan fingerprint density at radius 3 is 2.70 bits per heavy atom. The number of alkyl halides is 2. The lowest BCUT2D eigenvalue weighted by molar-refractivity contribution is -0.117. The van der Waals surface area contributed by atoms with Gasteiger partial charge in [0, 0.05) is 16.8 Å². The van der Waals surface area contributed by atoms with Gasteiger partial charge in [-0.25, -0.2) is 0 Å². The highest BCUT2D eigenvalue weighted by Gasteiger charge is 2.56. The molecule has 0 aliphatic heterocycles. The third-order valence-electron chi connectivity index (χ3n) is 4.10. The van der Waals surface area contributed by atoms with Gasteiger partial charge in [-0.05, 0) is 18.6 Å². The minimum absolute atomic E-state index is 0.219. The first-order chi connectivity index (χ1) is 11.0. The Kier molecular flexibility index (Phi) is 3.22. The number of hydrogen-bond donors (Lipinski definition) is 1. The average molecular weight is 350 g/mol. The Morgan fingerprint density at radius 2 is 2.00 bits per heavy atom. The van der Waals surface area contributed by atoms with Crippen molar-refractivity contribution in [3.63, 3.8) is 0 Å². The van der Waals surface area contributed by atoms with Crippen LogP contribution in [-0.2, 0) is 4.79 Å². The van der Waals surface area contributed by atoms with Crippen molar-refractivity contribution in [1.29, 1.82) is 0 Å². The number of halogens is 2. The molecule has 0 saturated heterocycles. The predicted molar refractivity (Wildman–Crippen MR) is 91.4 cm³/mol. The van der Waals surface area contributed by atoms with E-state index in [1.54, 1.807) is 13.2 Å². The number of furan rings is 1. The number of rotatable bonds is 3. The van der Waals surface area contributed by atoms with E-state index in [1.807, 2.05) is 30.3 Å². The summed E-state index contributed by atoms with van der Waals surface area (Å²) in [6, 6.07) is 11.4. The molecule has 4 rings (SSSR count). The van der Waals surface area contributed by atoms with Crippen LogP contribution < -0.4 is 10.1 Å². The Bertz CT molecular complexity index is 932. The molecule has 6 heteroatoms. The molecule has 1 atom stereocenters. The van der Waals surface area contributed by atoms with E-state index in [4.69, 9.17) is 32.4 Å². The number of ether oxygens (including phenoxy) is 1. The van der Waals surface area contributed by atoms with Gasteiger partial charge in [0.2, 0.25) is 5.91 Å². The molecule has 1 aliphatic carbocycles. The predicted octanol–water partition coefficient (Wildman–Crippen LogP) is 4.73. The zero-order chi connectivity index (χ0) is 16.2. The maximum absolute atomic E-state index is 12.2. The van der Waals surface area contributed by atoms with Crippen molar-refractivity contribution in [2.24, 2.45) is 5.92 Å². The fraction of sp³-hybridized carbons (Fsp3) is 0.235. The third-order valence-corrected chi connectivity index (χ3v) is 4.93. The lowest BCUT2D eigenvalue weighted by Crippen LogP contribution is -2.17. The van der Waals surface area contributed by atoms with E-state index in [1.165, 1.54) is 0 Å².